The van der Waals surface area contributed by atoms with E-state index < -0.39 is 6.04 Å². The molecular formula is C24H28N4O3. The number of carbonyl (C=O) groups is 3. The summed E-state index contributed by atoms with van der Waals surface area (Å²) in [4.78, 5) is 44.1. The molecule has 1 aromatic heterocycles. The number of likely N-dealkylation sites (tertiary alicyclic amines) is 1. The van der Waals surface area contributed by atoms with Crippen LogP contribution in [0.1, 0.15) is 52.8 Å². The number of nitrogens with zero attached hydrogens (tertiary/aromatic N) is 2. The second kappa shape index (κ2) is 9.73. The third-order valence-corrected chi connectivity index (χ3v) is 6.28. The van der Waals surface area contributed by atoms with E-state index >= 15 is 0 Å². The molecule has 1 aliphatic carbocycles. The number of carbonyl (C=O) groups excluding carboxylic acids is 3. The van der Waals surface area contributed by atoms with E-state index in [9.17, 15) is 14.4 Å². The Morgan fingerprint density at radius 3 is 2.45 bits per heavy atom. The molecule has 1 aliphatic heterocycles. The SMILES string of the molecule is O=C(NCCNC(=O)C1CC2CCCCC2N1C(=O)c1ccccc1)c1cccnc1. The minimum absolute atomic E-state index is 0.0694. The highest BCUT2D eigenvalue weighted by Gasteiger charge is 2.47. The summed E-state index contributed by atoms with van der Waals surface area (Å²) in [6, 6.07) is 12.3. The van der Waals surface area contributed by atoms with E-state index in [1.807, 2.05) is 23.1 Å². The second-order valence-electron chi connectivity index (χ2n) is 8.23. The maximum Gasteiger partial charge on any atom is 0.254 e. The summed E-state index contributed by atoms with van der Waals surface area (Å²) in [5.74, 6) is -0.0631. The molecule has 31 heavy (non-hydrogen) atoms. The van der Waals surface area contributed by atoms with Crippen molar-refractivity contribution in [2.24, 2.45) is 5.92 Å². The lowest BCUT2D eigenvalue weighted by Crippen LogP contribution is -2.50. The molecule has 1 aromatic carbocycles. The average Bonchev–Trinajstić information content (AvgIpc) is 3.22. The van der Waals surface area contributed by atoms with E-state index in [-0.39, 0.29) is 23.8 Å². The van der Waals surface area contributed by atoms with Crippen LogP contribution in [0.4, 0.5) is 0 Å². The molecule has 2 aliphatic rings. The summed E-state index contributed by atoms with van der Waals surface area (Å²) in [6.45, 7) is 0.621. The molecule has 7 heteroatoms. The summed E-state index contributed by atoms with van der Waals surface area (Å²) < 4.78 is 0. The molecule has 162 valence electrons. The highest BCUT2D eigenvalue weighted by atomic mass is 16.2. The van der Waals surface area contributed by atoms with E-state index in [1.165, 1.54) is 6.20 Å². The Morgan fingerprint density at radius 2 is 1.68 bits per heavy atom. The zero-order chi connectivity index (χ0) is 21.6. The molecule has 1 saturated heterocycles. The van der Waals surface area contributed by atoms with E-state index in [0.717, 1.165) is 25.7 Å². The summed E-state index contributed by atoms with van der Waals surface area (Å²) in [5.41, 5.74) is 1.10. The van der Waals surface area contributed by atoms with Crippen LogP contribution < -0.4 is 10.6 Å². The third-order valence-electron chi connectivity index (χ3n) is 6.28. The number of aromatic nitrogens is 1. The van der Waals surface area contributed by atoms with Gasteiger partial charge in [0.05, 0.1) is 5.56 Å². The first-order valence-corrected chi connectivity index (χ1v) is 11.0. The molecule has 2 N–H and O–H groups in total. The van der Waals surface area contributed by atoms with Gasteiger partial charge in [0, 0.05) is 37.1 Å². The first-order valence-electron chi connectivity index (χ1n) is 11.0. The van der Waals surface area contributed by atoms with Crippen LogP contribution in [-0.2, 0) is 4.79 Å². The largest absolute Gasteiger partial charge is 0.353 e. The number of hydrogen-bond acceptors (Lipinski definition) is 4. The van der Waals surface area contributed by atoms with Crippen LogP contribution in [0.15, 0.2) is 54.9 Å². The lowest BCUT2D eigenvalue weighted by molar-refractivity contribution is -0.125. The first-order chi connectivity index (χ1) is 15.1. The first kappa shape index (κ1) is 21.0. The number of amides is 3. The minimum Gasteiger partial charge on any atom is -0.353 e. The third kappa shape index (κ3) is 4.76. The van der Waals surface area contributed by atoms with Gasteiger partial charge in [0.25, 0.3) is 11.8 Å². The number of fused-ring (bicyclic) bond motifs is 1. The topological polar surface area (TPSA) is 91.4 Å². The Balaban J connectivity index is 1.37. The quantitative estimate of drug-likeness (QED) is 0.702. The van der Waals surface area contributed by atoms with E-state index in [1.54, 1.807) is 30.5 Å². The monoisotopic (exact) mass is 420 g/mol. The molecule has 0 bridgehead atoms. The van der Waals surface area contributed by atoms with Crippen molar-refractivity contribution in [1.29, 1.82) is 0 Å². The van der Waals surface area contributed by atoms with Gasteiger partial charge >= 0.3 is 0 Å². The molecule has 0 spiro atoms. The second-order valence-corrected chi connectivity index (χ2v) is 8.23. The molecule has 2 heterocycles. The van der Waals surface area contributed by atoms with Gasteiger partial charge in [-0.1, -0.05) is 31.0 Å². The molecule has 4 rings (SSSR count). The maximum absolute atomic E-state index is 13.3. The molecule has 2 aromatic rings. The molecule has 3 unspecified atom stereocenters. The van der Waals surface area contributed by atoms with Gasteiger partial charge in [0.1, 0.15) is 6.04 Å². The van der Waals surface area contributed by atoms with Gasteiger partial charge < -0.3 is 15.5 Å². The molecule has 7 nitrogen and oxygen atoms in total. The van der Waals surface area contributed by atoms with Gasteiger partial charge in [-0.2, -0.15) is 0 Å². The standard InChI is InChI=1S/C24H28N4O3/c29-22(19-10-6-12-25-16-19)26-13-14-27-23(30)21-15-18-9-4-5-11-20(18)28(21)24(31)17-7-2-1-3-8-17/h1-3,6-8,10,12,16,18,20-21H,4-5,9,11,13-15H2,(H,26,29)(H,27,30). The van der Waals surface area contributed by atoms with Crippen molar-refractivity contribution in [3.63, 3.8) is 0 Å². The van der Waals surface area contributed by atoms with Crippen LogP contribution >= 0.6 is 0 Å². The molecule has 3 atom stereocenters. The number of benzene rings is 1. The van der Waals surface area contributed by atoms with Crippen LogP contribution in [0.5, 0.6) is 0 Å². The summed E-state index contributed by atoms with van der Waals surface area (Å²) in [6.07, 6.45) is 8.08. The van der Waals surface area contributed by atoms with Gasteiger partial charge in [-0.15, -0.1) is 0 Å². The Morgan fingerprint density at radius 1 is 0.935 bits per heavy atom. The van der Waals surface area contributed by atoms with Crippen molar-refractivity contribution in [3.05, 3.63) is 66.0 Å². The van der Waals surface area contributed by atoms with Crippen molar-refractivity contribution in [2.45, 2.75) is 44.2 Å². The fraction of sp³-hybridized carbons (Fsp3) is 0.417. The summed E-state index contributed by atoms with van der Waals surface area (Å²) in [7, 11) is 0. The normalized spacial score (nSPS) is 22.5. The Kier molecular flexibility index (Phi) is 6.60. The smallest absolute Gasteiger partial charge is 0.254 e. The lowest BCUT2D eigenvalue weighted by atomic mass is 9.84. The molecule has 2 fully saturated rings. The summed E-state index contributed by atoms with van der Waals surface area (Å²) in [5, 5.41) is 5.69. The van der Waals surface area contributed by atoms with Crippen LogP contribution in [0, 0.1) is 5.92 Å². The van der Waals surface area contributed by atoms with Crippen molar-refractivity contribution in [3.8, 4) is 0 Å². The highest BCUT2D eigenvalue weighted by Crippen LogP contribution is 2.40. The Labute approximate surface area is 182 Å². The minimum atomic E-state index is -0.463. The average molecular weight is 421 g/mol. The maximum atomic E-state index is 13.3. The highest BCUT2D eigenvalue weighted by molar-refractivity contribution is 5.98. The van der Waals surface area contributed by atoms with Crippen LogP contribution in [-0.4, -0.2) is 52.8 Å². The van der Waals surface area contributed by atoms with Crippen LogP contribution in [0.2, 0.25) is 0 Å². The van der Waals surface area contributed by atoms with E-state index in [4.69, 9.17) is 0 Å². The lowest BCUT2D eigenvalue weighted by Gasteiger charge is -2.33. The summed E-state index contributed by atoms with van der Waals surface area (Å²) >= 11 is 0. The number of nitrogens with one attached hydrogen (secondary N) is 2. The predicted molar refractivity (Wildman–Crippen MR) is 116 cm³/mol. The van der Waals surface area contributed by atoms with Crippen LogP contribution in [0.25, 0.3) is 0 Å². The van der Waals surface area contributed by atoms with Gasteiger partial charge in [-0.05, 0) is 49.4 Å². The molecule has 1 saturated carbocycles. The van der Waals surface area contributed by atoms with Crippen LogP contribution in [0.3, 0.4) is 0 Å². The van der Waals surface area contributed by atoms with Gasteiger partial charge in [-0.3, -0.25) is 19.4 Å². The van der Waals surface area contributed by atoms with Crippen molar-refractivity contribution in [2.75, 3.05) is 13.1 Å². The van der Waals surface area contributed by atoms with Gasteiger partial charge in [0.2, 0.25) is 5.91 Å². The molecule has 0 radical (unpaired) electrons. The van der Waals surface area contributed by atoms with Gasteiger partial charge in [-0.25, -0.2) is 0 Å². The number of pyridine rings is 1. The Hall–Kier alpha value is -3.22. The number of hydrogen-bond donors (Lipinski definition) is 2. The van der Waals surface area contributed by atoms with E-state index in [0.29, 0.717) is 36.6 Å². The molecule has 3 amide bonds. The fourth-order valence-corrected chi connectivity index (χ4v) is 4.79. The fourth-order valence-electron chi connectivity index (χ4n) is 4.79. The van der Waals surface area contributed by atoms with Gasteiger partial charge in [0.15, 0.2) is 0 Å². The van der Waals surface area contributed by atoms with Crippen molar-refractivity contribution in [1.82, 2.24) is 20.5 Å². The van der Waals surface area contributed by atoms with E-state index in [2.05, 4.69) is 15.6 Å². The van der Waals surface area contributed by atoms with Crippen molar-refractivity contribution < 1.29 is 14.4 Å². The van der Waals surface area contributed by atoms with Crippen molar-refractivity contribution >= 4 is 17.7 Å². The molecular weight excluding hydrogens is 392 g/mol. The zero-order valence-electron chi connectivity index (χ0n) is 17.5. The predicted octanol–water partition coefficient (Wildman–Crippen LogP) is 2.40. The Bertz CT molecular complexity index is 919. The number of rotatable bonds is 6. The zero-order valence-corrected chi connectivity index (χ0v) is 17.5.